The summed E-state index contributed by atoms with van der Waals surface area (Å²) in [6, 6.07) is 5.33. The molecule has 1 N–H and O–H groups in total. The van der Waals surface area contributed by atoms with Crippen LogP contribution in [0.3, 0.4) is 0 Å². The number of nitrogens with one attached hydrogen (secondary N) is 1. The Morgan fingerprint density at radius 2 is 2.00 bits per heavy atom. The topological polar surface area (TPSA) is 47.0 Å². The SMILES string of the molecule is Fc1cc([C@H]2CNCCO2)ccc1Cc1ncc(C2CC2)cn1. The molecule has 2 aliphatic rings. The molecule has 1 aliphatic carbocycles. The highest BCUT2D eigenvalue weighted by Crippen LogP contribution is 2.39. The van der Waals surface area contributed by atoms with Gasteiger partial charge in [0.25, 0.3) is 0 Å². The maximum Gasteiger partial charge on any atom is 0.132 e. The summed E-state index contributed by atoms with van der Waals surface area (Å²) in [5.74, 6) is 1.09. The molecule has 2 heterocycles. The molecular formula is C18H20FN3O. The number of rotatable bonds is 4. The van der Waals surface area contributed by atoms with E-state index >= 15 is 0 Å². The van der Waals surface area contributed by atoms with Crippen molar-refractivity contribution in [3.8, 4) is 0 Å². The van der Waals surface area contributed by atoms with Crippen LogP contribution in [0, 0.1) is 5.82 Å². The number of ether oxygens (including phenoxy) is 1. The third-order valence-electron chi connectivity index (χ3n) is 4.50. The van der Waals surface area contributed by atoms with Crippen LogP contribution in [0.4, 0.5) is 4.39 Å². The Labute approximate surface area is 135 Å². The van der Waals surface area contributed by atoms with Gasteiger partial charge in [-0.25, -0.2) is 14.4 Å². The van der Waals surface area contributed by atoms with Crippen LogP contribution >= 0.6 is 0 Å². The zero-order valence-electron chi connectivity index (χ0n) is 13.0. The summed E-state index contributed by atoms with van der Waals surface area (Å²) in [7, 11) is 0. The van der Waals surface area contributed by atoms with Gasteiger partial charge in [-0.2, -0.15) is 0 Å². The van der Waals surface area contributed by atoms with Crippen LogP contribution in [0.5, 0.6) is 0 Å². The molecule has 2 fully saturated rings. The highest BCUT2D eigenvalue weighted by atomic mass is 19.1. The summed E-state index contributed by atoms with van der Waals surface area (Å²) in [5.41, 5.74) is 2.70. The van der Waals surface area contributed by atoms with Gasteiger partial charge in [-0.1, -0.05) is 12.1 Å². The third-order valence-corrected chi connectivity index (χ3v) is 4.50. The molecule has 2 aromatic rings. The summed E-state index contributed by atoms with van der Waals surface area (Å²) in [5, 5.41) is 3.26. The van der Waals surface area contributed by atoms with Crippen LogP contribution in [0.1, 0.15) is 47.4 Å². The monoisotopic (exact) mass is 313 g/mol. The lowest BCUT2D eigenvalue weighted by molar-refractivity contribution is 0.0275. The summed E-state index contributed by atoms with van der Waals surface area (Å²) in [6.45, 7) is 2.24. The van der Waals surface area contributed by atoms with E-state index in [9.17, 15) is 4.39 Å². The van der Waals surface area contributed by atoms with Crippen molar-refractivity contribution in [3.05, 3.63) is 58.9 Å². The van der Waals surface area contributed by atoms with Crippen molar-refractivity contribution in [3.63, 3.8) is 0 Å². The first-order valence-electron chi connectivity index (χ1n) is 8.21. The lowest BCUT2D eigenvalue weighted by Gasteiger charge is -2.24. The first kappa shape index (κ1) is 14.7. The third kappa shape index (κ3) is 3.41. The van der Waals surface area contributed by atoms with Crippen molar-refractivity contribution in [2.24, 2.45) is 0 Å². The van der Waals surface area contributed by atoms with Gasteiger partial charge in [0.2, 0.25) is 0 Å². The van der Waals surface area contributed by atoms with Gasteiger partial charge in [0.1, 0.15) is 11.6 Å². The van der Waals surface area contributed by atoms with Crippen LogP contribution in [-0.2, 0) is 11.2 Å². The van der Waals surface area contributed by atoms with Crippen molar-refractivity contribution in [2.75, 3.05) is 19.7 Å². The highest BCUT2D eigenvalue weighted by molar-refractivity contribution is 5.29. The van der Waals surface area contributed by atoms with Crippen LogP contribution in [0.25, 0.3) is 0 Å². The van der Waals surface area contributed by atoms with E-state index in [1.165, 1.54) is 18.4 Å². The lowest BCUT2D eigenvalue weighted by Crippen LogP contribution is -2.33. The maximum absolute atomic E-state index is 14.4. The molecule has 1 aromatic heterocycles. The van der Waals surface area contributed by atoms with Crippen molar-refractivity contribution in [2.45, 2.75) is 31.3 Å². The molecule has 0 amide bonds. The zero-order valence-corrected chi connectivity index (χ0v) is 13.0. The molecule has 1 atom stereocenters. The summed E-state index contributed by atoms with van der Waals surface area (Å²) in [4.78, 5) is 8.75. The molecule has 120 valence electrons. The number of morpholine rings is 1. The second kappa shape index (κ2) is 6.34. The zero-order chi connectivity index (χ0) is 15.6. The average molecular weight is 313 g/mol. The van der Waals surface area contributed by atoms with Crippen LogP contribution in [-0.4, -0.2) is 29.7 Å². The lowest BCUT2D eigenvalue weighted by atomic mass is 10.0. The minimum absolute atomic E-state index is 0.0682. The molecule has 1 saturated carbocycles. The number of hydrogen-bond donors (Lipinski definition) is 1. The smallest absolute Gasteiger partial charge is 0.132 e. The van der Waals surface area contributed by atoms with Gasteiger partial charge in [0.05, 0.1) is 12.7 Å². The van der Waals surface area contributed by atoms with E-state index in [-0.39, 0.29) is 11.9 Å². The molecule has 23 heavy (non-hydrogen) atoms. The average Bonchev–Trinajstić information content (AvgIpc) is 3.43. The Morgan fingerprint density at radius 3 is 2.65 bits per heavy atom. The van der Waals surface area contributed by atoms with Gasteiger partial charge >= 0.3 is 0 Å². The summed E-state index contributed by atoms with van der Waals surface area (Å²) >= 11 is 0. The van der Waals surface area contributed by atoms with Gasteiger partial charge < -0.3 is 10.1 Å². The van der Waals surface area contributed by atoms with E-state index < -0.39 is 0 Å². The summed E-state index contributed by atoms with van der Waals surface area (Å²) in [6.07, 6.45) is 6.58. The molecular weight excluding hydrogens is 293 g/mol. The Hall–Kier alpha value is -1.85. The fraction of sp³-hybridized carbons (Fsp3) is 0.444. The van der Waals surface area contributed by atoms with Crippen LogP contribution < -0.4 is 5.32 Å². The number of aromatic nitrogens is 2. The fourth-order valence-electron chi connectivity index (χ4n) is 2.94. The van der Waals surface area contributed by atoms with E-state index in [4.69, 9.17) is 4.74 Å². The molecule has 0 radical (unpaired) electrons. The quantitative estimate of drug-likeness (QED) is 0.943. The van der Waals surface area contributed by atoms with Crippen molar-refractivity contribution in [1.82, 2.24) is 15.3 Å². The van der Waals surface area contributed by atoms with Gasteiger partial charge in [0, 0.05) is 31.9 Å². The number of nitrogens with zero attached hydrogens (tertiary/aromatic N) is 2. The largest absolute Gasteiger partial charge is 0.371 e. The number of benzene rings is 1. The first-order valence-corrected chi connectivity index (χ1v) is 8.21. The molecule has 5 heteroatoms. The van der Waals surface area contributed by atoms with Crippen molar-refractivity contribution < 1.29 is 9.13 Å². The van der Waals surface area contributed by atoms with Crippen molar-refractivity contribution >= 4 is 0 Å². The number of hydrogen-bond acceptors (Lipinski definition) is 4. The molecule has 0 spiro atoms. The van der Waals surface area contributed by atoms with Gasteiger partial charge in [-0.15, -0.1) is 0 Å². The van der Waals surface area contributed by atoms with E-state index in [2.05, 4.69) is 15.3 Å². The molecule has 4 nitrogen and oxygen atoms in total. The Bertz CT molecular complexity index is 679. The van der Waals surface area contributed by atoms with E-state index in [0.717, 1.165) is 18.7 Å². The van der Waals surface area contributed by atoms with E-state index in [0.29, 0.717) is 30.3 Å². The Morgan fingerprint density at radius 1 is 1.17 bits per heavy atom. The molecule has 1 aromatic carbocycles. The predicted molar refractivity (Wildman–Crippen MR) is 84.8 cm³/mol. The number of halogens is 1. The second-order valence-corrected chi connectivity index (χ2v) is 6.30. The molecule has 0 unspecified atom stereocenters. The Kier molecular flexibility index (Phi) is 4.06. The van der Waals surface area contributed by atoms with Crippen molar-refractivity contribution in [1.29, 1.82) is 0 Å². The Balaban J connectivity index is 1.47. The van der Waals surface area contributed by atoms with Gasteiger partial charge in [0.15, 0.2) is 0 Å². The second-order valence-electron chi connectivity index (χ2n) is 6.30. The minimum Gasteiger partial charge on any atom is -0.371 e. The predicted octanol–water partition coefficient (Wildman–Crippen LogP) is 2.74. The highest BCUT2D eigenvalue weighted by Gasteiger charge is 2.24. The van der Waals surface area contributed by atoms with Crippen LogP contribution in [0.15, 0.2) is 30.6 Å². The minimum atomic E-state index is -0.216. The first-order chi connectivity index (χ1) is 11.3. The standard InChI is InChI=1S/C18H20FN3O/c19-16-7-14(17-11-20-5-6-23-17)4-3-13(16)8-18-21-9-15(10-22-18)12-1-2-12/h3-4,7,9-10,12,17,20H,1-2,5-6,8,11H2/t17-/m1/s1. The molecule has 0 bridgehead atoms. The fourth-order valence-corrected chi connectivity index (χ4v) is 2.94. The van der Waals surface area contributed by atoms with E-state index in [1.54, 1.807) is 6.07 Å². The molecule has 4 rings (SSSR count). The van der Waals surface area contributed by atoms with Gasteiger partial charge in [-0.05, 0) is 41.5 Å². The normalized spacial score (nSPS) is 21.3. The molecule has 1 aliphatic heterocycles. The molecule has 1 saturated heterocycles. The van der Waals surface area contributed by atoms with Crippen LogP contribution in [0.2, 0.25) is 0 Å². The maximum atomic E-state index is 14.4. The van der Waals surface area contributed by atoms with Gasteiger partial charge in [-0.3, -0.25) is 0 Å². The van der Waals surface area contributed by atoms with E-state index in [1.807, 2.05) is 24.5 Å². The summed E-state index contributed by atoms with van der Waals surface area (Å²) < 4.78 is 20.0.